The number of aryl methyl sites for hydroxylation is 3. The van der Waals surface area contributed by atoms with Crippen molar-refractivity contribution in [3.05, 3.63) is 53.3 Å². The molecular weight excluding hydrogens is 328 g/mol. The van der Waals surface area contributed by atoms with Crippen LogP contribution in [0, 0.1) is 13.8 Å². The van der Waals surface area contributed by atoms with E-state index in [1.54, 1.807) is 6.07 Å². The van der Waals surface area contributed by atoms with Gasteiger partial charge < -0.3 is 0 Å². The molecule has 0 fully saturated rings. The Kier molecular flexibility index (Phi) is 3.66. The average Bonchev–Trinajstić information content (AvgIpc) is 3.01. The van der Waals surface area contributed by atoms with Gasteiger partial charge in [0.05, 0.1) is 11.7 Å². The number of hydrazine groups is 1. The zero-order chi connectivity index (χ0) is 18.4. The highest BCUT2D eigenvalue weighted by molar-refractivity contribution is 6.01. The molecule has 2 aromatic carbocycles. The van der Waals surface area contributed by atoms with E-state index in [4.69, 9.17) is 5.84 Å². The molecule has 4 aromatic rings. The molecule has 0 saturated heterocycles. The molecule has 2 heterocycles. The highest BCUT2D eigenvalue weighted by Crippen LogP contribution is 2.33. The smallest absolute Gasteiger partial charge is 0.285 e. The number of carbonyl (C=O) groups is 1. The molecule has 2 aromatic heterocycles. The summed E-state index contributed by atoms with van der Waals surface area (Å²) in [5.41, 5.74) is 8.42. The number of fused-ring (bicyclic) bond motifs is 2. The zero-order valence-electron chi connectivity index (χ0n) is 14.7. The highest BCUT2D eigenvalue weighted by Gasteiger charge is 2.15. The second-order valence-electron chi connectivity index (χ2n) is 6.40. The molecule has 0 saturated carbocycles. The fourth-order valence-electron chi connectivity index (χ4n) is 3.46. The first kappa shape index (κ1) is 16.2. The number of nitrogens with zero attached hydrogens (tertiary/aromatic N) is 4. The number of nitrogens with two attached hydrogens (primary N) is 1. The molecule has 0 unspecified atom stereocenters. The lowest BCUT2D eigenvalue weighted by atomic mass is 9.95. The van der Waals surface area contributed by atoms with Gasteiger partial charge in [-0.2, -0.15) is 5.10 Å². The van der Waals surface area contributed by atoms with Gasteiger partial charge in [-0.1, -0.05) is 12.1 Å². The largest absolute Gasteiger partial charge is 0.289 e. The van der Waals surface area contributed by atoms with Crippen LogP contribution in [0.4, 0.5) is 0 Å². The van der Waals surface area contributed by atoms with Crippen LogP contribution in [0.15, 0.2) is 36.5 Å². The molecule has 1 amide bonds. The third-order valence-electron chi connectivity index (χ3n) is 4.64. The summed E-state index contributed by atoms with van der Waals surface area (Å²) in [6.07, 6.45) is 1.86. The van der Waals surface area contributed by atoms with Crippen molar-refractivity contribution < 1.29 is 4.79 Å². The standard InChI is InChI=1S/C19H18N6O/c1-10-4-5-12-8-15(19(26)22-20)23-24-17(12)16(10)13-6-11(2)18-14(7-13)9-21-25(18)3/h4-9H,20H2,1-3H3,(H,22,26). The minimum Gasteiger partial charge on any atom is -0.289 e. The molecule has 0 aliphatic carbocycles. The minimum absolute atomic E-state index is 0.189. The minimum atomic E-state index is -0.464. The van der Waals surface area contributed by atoms with Gasteiger partial charge in [-0.05, 0) is 48.7 Å². The van der Waals surface area contributed by atoms with E-state index in [1.165, 1.54) is 0 Å². The molecule has 0 aliphatic heterocycles. The predicted octanol–water partition coefficient (Wildman–Crippen LogP) is 2.40. The van der Waals surface area contributed by atoms with Crippen LogP contribution >= 0.6 is 0 Å². The Labute approximate surface area is 149 Å². The average molecular weight is 346 g/mol. The van der Waals surface area contributed by atoms with E-state index in [-0.39, 0.29) is 5.69 Å². The molecule has 4 rings (SSSR count). The van der Waals surface area contributed by atoms with Crippen molar-refractivity contribution in [1.29, 1.82) is 0 Å². The number of amides is 1. The summed E-state index contributed by atoms with van der Waals surface area (Å²) < 4.78 is 1.88. The Balaban J connectivity index is 1.99. The van der Waals surface area contributed by atoms with E-state index < -0.39 is 5.91 Å². The number of carbonyl (C=O) groups excluding carboxylic acids is 1. The van der Waals surface area contributed by atoms with Crippen molar-refractivity contribution in [2.24, 2.45) is 12.9 Å². The van der Waals surface area contributed by atoms with Crippen molar-refractivity contribution >= 4 is 27.7 Å². The van der Waals surface area contributed by atoms with Crippen molar-refractivity contribution in [1.82, 2.24) is 25.4 Å². The number of benzene rings is 2. The Bertz CT molecular complexity index is 1180. The summed E-state index contributed by atoms with van der Waals surface area (Å²) in [5, 5.41) is 14.6. The molecule has 0 atom stereocenters. The monoisotopic (exact) mass is 346 g/mol. The van der Waals surface area contributed by atoms with E-state index in [2.05, 4.69) is 39.8 Å². The van der Waals surface area contributed by atoms with Gasteiger partial charge in [0, 0.05) is 23.4 Å². The molecule has 7 heteroatoms. The Morgan fingerprint density at radius 2 is 1.88 bits per heavy atom. The molecule has 7 nitrogen and oxygen atoms in total. The number of nitrogen functional groups attached to an aromatic ring is 1. The first-order chi connectivity index (χ1) is 12.5. The topological polar surface area (TPSA) is 98.7 Å². The van der Waals surface area contributed by atoms with Gasteiger partial charge >= 0.3 is 0 Å². The second kappa shape index (κ2) is 5.89. The van der Waals surface area contributed by atoms with Crippen LogP contribution in [0.2, 0.25) is 0 Å². The molecular formula is C19H18N6O. The lowest BCUT2D eigenvalue weighted by molar-refractivity contribution is 0.0948. The van der Waals surface area contributed by atoms with E-state index in [1.807, 2.05) is 37.0 Å². The van der Waals surface area contributed by atoms with Crippen LogP contribution in [-0.4, -0.2) is 25.9 Å². The Morgan fingerprint density at radius 1 is 1.08 bits per heavy atom. The van der Waals surface area contributed by atoms with E-state index in [0.29, 0.717) is 0 Å². The molecule has 130 valence electrons. The van der Waals surface area contributed by atoms with Crippen LogP contribution < -0.4 is 11.3 Å². The number of hydrogen-bond donors (Lipinski definition) is 2. The summed E-state index contributed by atoms with van der Waals surface area (Å²) in [6, 6.07) is 9.90. The number of hydrogen-bond acceptors (Lipinski definition) is 5. The number of rotatable bonds is 2. The first-order valence-corrected chi connectivity index (χ1v) is 8.20. The van der Waals surface area contributed by atoms with Crippen molar-refractivity contribution in [3.8, 4) is 11.1 Å². The van der Waals surface area contributed by atoms with Crippen LogP contribution in [-0.2, 0) is 7.05 Å². The van der Waals surface area contributed by atoms with Crippen molar-refractivity contribution in [2.45, 2.75) is 13.8 Å². The molecule has 3 N–H and O–H groups in total. The predicted molar refractivity (Wildman–Crippen MR) is 100 cm³/mol. The molecule has 0 bridgehead atoms. The summed E-state index contributed by atoms with van der Waals surface area (Å²) in [5.74, 6) is 4.73. The van der Waals surface area contributed by atoms with Gasteiger partial charge in [0.1, 0.15) is 5.52 Å². The van der Waals surface area contributed by atoms with Crippen molar-refractivity contribution in [3.63, 3.8) is 0 Å². The Morgan fingerprint density at radius 3 is 2.65 bits per heavy atom. The van der Waals surface area contributed by atoms with Crippen LogP contribution in [0.3, 0.4) is 0 Å². The molecule has 0 aliphatic rings. The second-order valence-corrected chi connectivity index (χ2v) is 6.40. The quantitative estimate of drug-likeness (QED) is 0.330. The summed E-state index contributed by atoms with van der Waals surface area (Å²) in [4.78, 5) is 11.7. The van der Waals surface area contributed by atoms with Crippen LogP contribution in [0.1, 0.15) is 21.6 Å². The van der Waals surface area contributed by atoms with Gasteiger partial charge in [0.15, 0.2) is 5.69 Å². The number of aromatic nitrogens is 4. The fourth-order valence-corrected chi connectivity index (χ4v) is 3.46. The number of nitrogens with one attached hydrogen (secondary N) is 1. The van der Waals surface area contributed by atoms with E-state index >= 15 is 0 Å². The molecule has 0 spiro atoms. The normalized spacial score (nSPS) is 11.2. The van der Waals surface area contributed by atoms with Crippen LogP contribution in [0.25, 0.3) is 32.9 Å². The SMILES string of the molecule is Cc1ccc2cc(C(=O)NN)nnc2c1-c1cc(C)c2c(cnn2C)c1. The highest BCUT2D eigenvalue weighted by atomic mass is 16.2. The fraction of sp³-hybridized carbons (Fsp3) is 0.158. The third kappa shape index (κ3) is 2.41. The van der Waals surface area contributed by atoms with E-state index in [0.717, 1.165) is 44.1 Å². The maximum atomic E-state index is 11.7. The lowest BCUT2D eigenvalue weighted by Gasteiger charge is -2.12. The maximum absolute atomic E-state index is 11.7. The van der Waals surface area contributed by atoms with E-state index in [9.17, 15) is 4.79 Å². The van der Waals surface area contributed by atoms with Gasteiger partial charge in [0.2, 0.25) is 0 Å². The maximum Gasteiger partial charge on any atom is 0.285 e. The first-order valence-electron chi connectivity index (χ1n) is 8.20. The molecule has 0 radical (unpaired) electrons. The molecule has 26 heavy (non-hydrogen) atoms. The lowest BCUT2D eigenvalue weighted by Crippen LogP contribution is -2.30. The van der Waals surface area contributed by atoms with Crippen molar-refractivity contribution in [2.75, 3.05) is 0 Å². The van der Waals surface area contributed by atoms with Gasteiger partial charge in [-0.3, -0.25) is 14.9 Å². The summed E-state index contributed by atoms with van der Waals surface area (Å²) in [6.45, 7) is 4.11. The van der Waals surface area contributed by atoms with Gasteiger partial charge in [-0.25, -0.2) is 5.84 Å². The summed E-state index contributed by atoms with van der Waals surface area (Å²) >= 11 is 0. The van der Waals surface area contributed by atoms with Gasteiger partial charge in [-0.15, -0.1) is 10.2 Å². The van der Waals surface area contributed by atoms with Crippen LogP contribution in [0.5, 0.6) is 0 Å². The van der Waals surface area contributed by atoms with Gasteiger partial charge in [0.25, 0.3) is 5.91 Å². The zero-order valence-corrected chi connectivity index (χ0v) is 14.7. The third-order valence-corrected chi connectivity index (χ3v) is 4.64. The Hall–Kier alpha value is -3.32. The summed E-state index contributed by atoms with van der Waals surface area (Å²) in [7, 11) is 1.94.